The summed E-state index contributed by atoms with van der Waals surface area (Å²) in [4.78, 5) is 19.4. The summed E-state index contributed by atoms with van der Waals surface area (Å²) in [5.74, 6) is 0.202. The van der Waals surface area contributed by atoms with Crippen molar-refractivity contribution in [2.24, 2.45) is 4.99 Å². The second-order valence-electron chi connectivity index (χ2n) is 8.19. The lowest BCUT2D eigenvalue weighted by Gasteiger charge is -2.21. The molecule has 2 heterocycles. The summed E-state index contributed by atoms with van der Waals surface area (Å²) in [6.45, 7) is 2.50. The van der Waals surface area contributed by atoms with Crippen LogP contribution in [0, 0.1) is 6.92 Å². The third-order valence-corrected chi connectivity index (χ3v) is 5.65. The topological polar surface area (TPSA) is 83.6 Å². The lowest BCUT2D eigenvalue weighted by Crippen LogP contribution is -2.17. The fourth-order valence-corrected chi connectivity index (χ4v) is 3.92. The van der Waals surface area contributed by atoms with Crippen molar-refractivity contribution >= 4 is 34.8 Å². The van der Waals surface area contributed by atoms with Gasteiger partial charge in [0.2, 0.25) is 0 Å². The molecule has 164 valence electrons. The highest BCUT2D eigenvalue weighted by molar-refractivity contribution is 6.10. The molecule has 0 amide bonds. The minimum absolute atomic E-state index is 0.0430. The number of Topliss-reactive ketones (excluding diaryl/α,β-unsaturated/α-hetero) is 1. The molecule has 0 atom stereocenters. The molecule has 0 aliphatic carbocycles. The number of phenols is 1. The number of aromatic hydroxyl groups is 1. The summed E-state index contributed by atoms with van der Waals surface area (Å²) in [7, 11) is 1.97. The number of anilines is 1. The van der Waals surface area contributed by atoms with Crippen molar-refractivity contribution in [2.45, 2.75) is 19.9 Å². The average Bonchev–Trinajstić information content (AvgIpc) is 3.42. The largest absolute Gasteiger partial charge is 0.505 e. The Morgan fingerprint density at radius 3 is 2.39 bits per heavy atom. The zero-order chi connectivity index (χ0) is 22.9. The first-order valence-electron chi connectivity index (χ1n) is 10.7. The van der Waals surface area contributed by atoms with Gasteiger partial charge in [0.15, 0.2) is 5.78 Å². The van der Waals surface area contributed by atoms with Gasteiger partial charge in [-0.1, -0.05) is 30.3 Å². The summed E-state index contributed by atoms with van der Waals surface area (Å²) < 4.78 is 0. The van der Waals surface area contributed by atoms with Crippen LogP contribution in [0.4, 0.5) is 5.69 Å². The first-order valence-corrected chi connectivity index (χ1v) is 10.7. The van der Waals surface area contributed by atoms with Gasteiger partial charge in [0.05, 0.1) is 0 Å². The highest BCUT2D eigenvalue weighted by Gasteiger charge is 2.16. The van der Waals surface area contributed by atoms with Crippen molar-refractivity contribution in [3.8, 4) is 11.4 Å². The Morgan fingerprint density at radius 1 is 1.06 bits per heavy atom. The maximum atomic E-state index is 11.8. The van der Waals surface area contributed by atoms with Gasteiger partial charge in [0.25, 0.3) is 0 Å². The van der Waals surface area contributed by atoms with Crippen molar-refractivity contribution in [1.82, 2.24) is 15.0 Å². The third-order valence-electron chi connectivity index (χ3n) is 5.65. The zero-order valence-corrected chi connectivity index (χ0v) is 18.4. The molecule has 1 aliphatic rings. The van der Waals surface area contributed by atoms with Crippen molar-refractivity contribution in [3.63, 3.8) is 0 Å². The maximum Gasteiger partial charge on any atom is 0.186 e. The molecule has 0 fully saturated rings. The zero-order valence-electron chi connectivity index (χ0n) is 18.4. The number of carbonyl (C=O) groups is 1. The quantitative estimate of drug-likeness (QED) is 0.466. The Balaban J connectivity index is 1.40. The number of aliphatic imine (C=N–C) groups is 1. The number of hydrogen-bond donors (Lipinski definition) is 1. The van der Waals surface area contributed by atoms with E-state index in [-0.39, 0.29) is 11.5 Å². The van der Waals surface area contributed by atoms with Gasteiger partial charge < -0.3 is 10.0 Å². The second kappa shape index (κ2) is 8.35. The van der Waals surface area contributed by atoms with E-state index in [9.17, 15) is 9.90 Å². The number of ketones is 1. The van der Waals surface area contributed by atoms with E-state index in [1.54, 1.807) is 12.3 Å². The molecule has 0 saturated carbocycles. The smallest absolute Gasteiger partial charge is 0.186 e. The minimum atomic E-state index is 0.0430. The Hall–Kier alpha value is -4.26. The van der Waals surface area contributed by atoms with Crippen LogP contribution in [0.1, 0.15) is 23.1 Å². The van der Waals surface area contributed by atoms with E-state index < -0.39 is 0 Å². The minimum Gasteiger partial charge on any atom is -0.505 e. The molecule has 5 rings (SSSR count). The van der Waals surface area contributed by atoms with Crippen LogP contribution in [0.15, 0.2) is 71.4 Å². The molecule has 0 bridgehead atoms. The molecule has 0 saturated heterocycles. The van der Waals surface area contributed by atoms with Crippen LogP contribution in [-0.4, -0.2) is 39.1 Å². The second-order valence-corrected chi connectivity index (χ2v) is 8.19. The molecule has 1 N–H and O–H groups in total. The van der Waals surface area contributed by atoms with Gasteiger partial charge in [-0.05, 0) is 54.5 Å². The van der Waals surface area contributed by atoms with Crippen LogP contribution in [0.2, 0.25) is 0 Å². The fraction of sp³-hybridized carbons (Fsp3) is 0.154. The predicted molar refractivity (Wildman–Crippen MR) is 130 cm³/mol. The fourth-order valence-electron chi connectivity index (χ4n) is 3.92. The molecule has 7 heteroatoms. The summed E-state index contributed by atoms with van der Waals surface area (Å²) >= 11 is 0. The number of fused-ring (bicyclic) bond motifs is 1. The van der Waals surface area contributed by atoms with Crippen molar-refractivity contribution in [3.05, 3.63) is 83.1 Å². The predicted octanol–water partition coefficient (Wildman–Crippen LogP) is 4.46. The Bertz CT molecular complexity index is 1380. The number of aryl methyl sites for hydroxylation is 1. The van der Waals surface area contributed by atoms with Crippen molar-refractivity contribution in [2.75, 3.05) is 11.9 Å². The highest BCUT2D eigenvalue weighted by atomic mass is 16.3. The molecule has 3 aromatic carbocycles. The molecule has 4 aromatic rings. The molecular weight excluding hydrogens is 414 g/mol. The van der Waals surface area contributed by atoms with E-state index in [1.807, 2.05) is 74.6 Å². The molecule has 1 aromatic heterocycles. The molecular formula is C26H23N5O2. The molecule has 7 nitrogen and oxygen atoms in total. The van der Waals surface area contributed by atoms with Gasteiger partial charge in [-0.3, -0.25) is 9.79 Å². The van der Waals surface area contributed by atoms with Gasteiger partial charge in [0, 0.05) is 37.5 Å². The van der Waals surface area contributed by atoms with E-state index in [0.717, 1.165) is 33.4 Å². The van der Waals surface area contributed by atoms with Gasteiger partial charge in [-0.15, -0.1) is 15.0 Å². The molecule has 33 heavy (non-hydrogen) atoms. The van der Waals surface area contributed by atoms with Crippen LogP contribution in [-0.2, 0) is 11.3 Å². The molecule has 0 spiro atoms. The Kier molecular flexibility index (Phi) is 5.22. The molecule has 1 aliphatic heterocycles. The van der Waals surface area contributed by atoms with Crippen molar-refractivity contribution < 1.29 is 9.90 Å². The Labute approximate surface area is 191 Å². The van der Waals surface area contributed by atoms with Crippen LogP contribution in [0.25, 0.3) is 22.8 Å². The molecule has 0 unspecified atom stereocenters. The SMILES string of the molecule is Cc1cc(CN(C)c2ccc(/C=C3\N=CCC3=O)cc2)c(O)c(-n2nc3ccccc3n2)c1. The number of hydrogen-bond acceptors (Lipinski definition) is 6. The number of aromatic nitrogens is 3. The van der Waals surface area contributed by atoms with Crippen molar-refractivity contribution in [1.29, 1.82) is 0 Å². The van der Waals surface area contributed by atoms with Crippen LogP contribution in [0.5, 0.6) is 5.75 Å². The van der Waals surface area contributed by atoms with Gasteiger partial charge in [-0.25, -0.2) is 0 Å². The first-order chi connectivity index (χ1) is 16.0. The van der Waals surface area contributed by atoms with E-state index in [1.165, 1.54) is 4.80 Å². The normalized spacial score (nSPS) is 14.5. The van der Waals surface area contributed by atoms with Gasteiger partial charge in [-0.2, -0.15) is 0 Å². The van der Waals surface area contributed by atoms with E-state index >= 15 is 0 Å². The van der Waals surface area contributed by atoms with E-state index in [0.29, 0.717) is 24.4 Å². The summed E-state index contributed by atoms with van der Waals surface area (Å²) in [5.41, 5.74) is 6.30. The average molecular weight is 438 g/mol. The number of carbonyl (C=O) groups excluding carboxylic acids is 1. The van der Waals surface area contributed by atoms with Gasteiger partial charge in [0.1, 0.15) is 28.2 Å². The highest BCUT2D eigenvalue weighted by Crippen LogP contribution is 2.30. The van der Waals surface area contributed by atoms with Crippen LogP contribution in [0.3, 0.4) is 0 Å². The molecule has 0 radical (unpaired) electrons. The lowest BCUT2D eigenvalue weighted by atomic mass is 10.1. The number of rotatable bonds is 5. The summed E-state index contributed by atoms with van der Waals surface area (Å²) in [5, 5.41) is 20.1. The lowest BCUT2D eigenvalue weighted by molar-refractivity contribution is -0.114. The Morgan fingerprint density at radius 2 is 1.76 bits per heavy atom. The number of nitrogens with zero attached hydrogens (tertiary/aromatic N) is 5. The summed E-state index contributed by atoms with van der Waals surface area (Å²) in [6, 6.07) is 19.4. The standard InChI is InChI=1S/C26H23N5O2/c1-17-13-19(26(33)24(14-17)31-28-21-5-3-4-6-22(21)29-31)16-30(2)20-9-7-18(8-10-20)15-23-25(32)11-12-27-23/h3-10,12-15,33H,11,16H2,1-2H3/b23-15-. The monoisotopic (exact) mass is 437 g/mol. The number of benzene rings is 3. The van der Waals surface area contributed by atoms with Gasteiger partial charge >= 0.3 is 0 Å². The first kappa shape index (κ1) is 20.6. The number of phenolic OH excluding ortho intramolecular Hbond substituents is 1. The van der Waals surface area contributed by atoms with E-state index in [2.05, 4.69) is 20.1 Å². The third kappa shape index (κ3) is 4.13. The van der Waals surface area contributed by atoms with Crippen LogP contribution >= 0.6 is 0 Å². The number of allylic oxidation sites excluding steroid dienone is 1. The maximum absolute atomic E-state index is 11.8. The summed E-state index contributed by atoms with van der Waals surface area (Å²) in [6.07, 6.45) is 3.81. The van der Waals surface area contributed by atoms with Crippen LogP contribution < -0.4 is 4.90 Å². The van der Waals surface area contributed by atoms with E-state index in [4.69, 9.17) is 0 Å².